The molecule has 0 saturated heterocycles. The van der Waals surface area contributed by atoms with Gasteiger partial charge in [-0.25, -0.2) is 9.37 Å². The number of aliphatic hydroxyl groups is 1. The average Bonchev–Trinajstić information content (AvgIpc) is 3.13. The lowest BCUT2D eigenvalue weighted by Gasteiger charge is -2.26. The molecule has 1 aliphatic heterocycles. The summed E-state index contributed by atoms with van der Waals surface area (Å²) in [7, 11) is 0. The Morgan fingerprint density at radius 2 is 2.25 bits per heavy atom. The third-order valence-electron chi connectivity index (χ3n) is 4.02. The molecular formula is C17H16FN3O3. The van der Waals surface area contributed by atoms with Crippen molar-refractivity contribution in [3.05, 3.63) is 65.2 Å². The fraction of sp³-hybridized carbons (Fsp3) is 0.235. The fourth-order valence-corrected chi connectivity index (χ4v) is 2.93. The molecule has 0 saturated carbocycles. The summed E-state index contributed by atoms with van der Waals surface area (Å²) in [5, 5.41) is 10.1. The van der Waals surface area contributed by atoms with Crippen molar-refractivity contribution < 1.29 is 19.1 Å². The van der Waals surface area contributed by atoms with E-state index in [9.17, 15) is 19.1 Å². The Morgan fingerprint density at radius 3 is 2.88 bits per heavy atom. The van der Waals surface area contributed by atoms with Gasteiger partial charge >= 0.3 is 0 Å². The number of hydrogen-bond acceptors (Lipinski definition) is 4. The minimum Gasteiger partial charge on any atom is -0.503 e. The fourth-order valence-electron chi connectivity index (χ4n) is 2.93. The van der Waals surface area contributed by atoms with E-state index in [0.29, 0.717) is 12.0 Å². The highest BCUT2D eigenvalue weighted by molar-refractivity contribution is 6.08. The van der Waals surface area contributed by atoms with Crippen LogP contribution in [0.25, 0.3) is 0 Å². The van der Waals surface area contributed by atoms with Crippen LogP contribution in [0.5, 0.6) is 0 Å². The summed E-state index contributed by atoms with van der Waals surface area (Å²) in [5.74, 6) is -2.09. The summed E-state index contributed by atoms with van der Waals surface area (Å²) in [6.07, 6.45) is 3.63. The Kier molecular flexibility index (Phi) is 4.16. The smallest absolute Gasteiger partial charge is 0.290 e. The zero-order valence-electron chi connectivity index (χ0n) is 13.0. The number of aliphatic hydroxyl groups excluding tert-OH is 1. The highest BCUT2D eigenvalue weighted by atomic mass is 19.1. The van der Waals surface area contributed by atoms with Crippen molar-refractivity contribution in [1.82, 2.24) is 14.9 Å². The summed E-state index contributed by atoms with van der Waals surface area (Å²) in [6.45, 7) is 1.53. The number of rotatable bonds is 5. The van der Waals surface area contributed by atoms with Crippen LogP contribution >= 0.6 is 0 Å². The quantitative estimate of drug-likeness (QED) is 0.879. The monoisotopic (exact) mass is 329 g/mol. The molecule has 6 nitrogen and oxygen atoms in total. The van der Waals surface area contributed by atoms with Crippen LogP contribution in [-0.2, 0) is 16.0 Å². The first kappa shape index (κ1) is 15.9. The summed E-state index contributed by atoms with van der Waals surface area (Å²) in [4.78, 5) is 32.6. The second kappa shape index (κ2) is 6.27. The molecule has 0 unspecified atom stereocenters. The van der Waals surface area contributed by atoms with E-state index in [1.165, 1.54) is 36.4 Å². The van der Waals surface area contributed by atoms with Gasteiger partial charge in [-0.15, -0.1) is 0 Å². The molecular weight excluding hydrogens is 313 g/mol. The van der Waals surface area contributed by atoms with Crippen LogP contribution in [0.4, 0.5) is 4.39 Å². The minimum atomic E-state index is -0.798. The van der Waals surface area contributed by atoms with Crippen LogP contribution in [0.2, 0.25) is 0 Å². The van der Waals surface area contributed by atoms with Crippen molar-refractivity contribution in [2.45, 2.75) is 19.4 Å². The van der Waals surface area contributed by atoms with E-state index in [1.807, 2.05) is 0 Å². The van der Waals surface area contributed by atoms with Gasteiger partial charge in [0.05, 0.1) is 17.9 Å². The summed E-state index contributed by atoms with van der Waals surface area (Å²) < 4.78 is 13.6. The van der Waals surface area contributed by atoms with Crippen molar-refractivity contribution in [2.75, 3.05) is 6.54 Å². The number of hydrogen-bond donors (Lipinski definition) is 2. The van der Waals surface area contributed by atoms with E-state index in [4.69, 9.17) is 0 Å². The summed E-state index contributed by atoms with van der Waals surface area (Å²) in [5.41, 5.74) is 1.26. The Bertz CT molecular complexity index is 814. The molecule has 1 aromatic carbocycles. The summed E-state index contributed by atoms with van der Waals surface area (Å²) in [6, 6.07) is 4.89. The van der Waals surface area contributed by atoms with Gasteiger partial charge in [0.2, 0.25) is 0 Å². The first-order valence-electron chi connectivity index (χ1n) is 7.46. The van der Waals surface area contributed by atoms with E-state index < -0.39 is 29.3 Å². The molecule has 1 aliphatic rings. The Hall–Kier alpha value is -2.96. The summed E-state index contributed by atoms with van der Waals surface area (Å²) >= 11 is 0. The predicted octanol–water partition coefficient (Wildman–Crippen LogP) is 2.08. The predicted molar refractivity (Wildman–Crippen MR) is 83.5 cm³/mol. The number of imidazole rings is 1. The Balaban J connectivity index is 1.96. The lowest BCUT2D eigenvalue weighted by molar-refractivity contribution is -0.129. The number of H-pyrrole nitrogens is 1. The zero-order chi connectivity index (χ0) is 17.3. The average molecular weight is 329 g/mol. The molecule has 2 heterocycles. The van der Waals surface area contributed by atoms with Gasteiger partial charge in [-0.2, -0.15) is 0 Å². The highest BCUT2D eigenvalue weighted by Gasteiger charge is 2.42. The van der Waals surface area contributed by atoms with E-state index in [-0.39, 0.29) is 12.1 Å². The molecule has 2 N–H and O–H groups in total. The van der Waals surface area contributed by atoms with Gasteiger partial charge in [0, 0.05) is 24.9 Å². The van der Waals surface area contributed by atoms with Gasteiger partial charge in [-0.3, -0.25) is 9.59 Å². The maximum Gasteiger partial charge on any atom is 0.290 e. The second-order valence-electron chi connectivity index (χ2n) is 5.60. The van der Waals surface area contributed by atoms with Crippen molar-refractivity contribution in [1.29, 1.82) is 0 Å². The number of carbonyl (C=O) groups is 2. The number of carbonyl (C=O) groups excluding carboxylic acids is 2. The van der Waals surface area contributed by atoms with Gasteiger partial charge in [-0.1, -0.05) is 12.1 Å². The first-order valence-corrected chi connectivity index (χ1v) is 7.46. The molecule has 1 atom stereocenters. The van der Waals surface area contributed by atoms with Crippen LogP contribution < -0.4 is 0 Å². The molecule has 7 heteroatoms. The van der Waals surface area contributed by atoms with Crippen LogP contribution in [0.3, 0.4) is 0 Å². The highest BCUT2D eigenvalue weighted by Crippen LogP contribution is 2.37. The third kappa shape index (κ3) is 2.80. The van der Waals surface area contributed by atoms with Crippen molar-refractivity contribution in [3.8, 4) is 0 Å². The molecule has 3 rings (SSSR count). The van der Waals surface area contributed by atoms with Crippen LogP contribution in [0, 0.1) is 5.82 Å². The van der Waals surface area contributed by atoms with Crippen LogP contribution in [-0.4, -0.2) is 38.2 Å². The number of aromatic amines is 1. The minimum absolute atomic E-state index is 0.00443. The van der Waals surface area contributed by atoms with Gasteiger partial charge in [0.15, 0.2) is 11.5 Å². The topological polar surface area (TPSA) is 86.3 Å². The number of aromatic nitrogens is 2. The van der Waals surface area contributed by atoms with Crippen molar-refractivity contribution >= 4 is 11.7 Å². The molecule has 0 radical (unpaired) electrons. The lowest BCUT2D eigenvalue weighted by atomic mass is 9.96. The molecule has 124 valence electrons. The zero-order valence-corrected chi connectivity index (χ0v) is 13.0. The van der Waals surface area contributed by atoms with E-state index >= 15 is 0 Å². The van der Waals surface area contributed by atoms with Crippen LogP contribution in [0.15, 0.2) is 48.1 Å². The molecule has 0 spiro atoms. The van der Waals surface area contributed by atoms with Crippen molar-refractivity contribution in [3.63, 3.8) is 0 Å². The normalized spacial score (nSPS) is 17.7. The Morgan fingerprint density at radius 1 is 1.46 bits per heavy atom. The molecule has 0 bridgehead atoms. The number of Topliss-reactive ketones (excluding diaryl/α,β-unsaturated/α-hetero) is 1. The molecule has 24 heavy (non-hydrogen) atoms. The molecule has 0 aliphatic carbocycles. The van der Waals surface area contributed by atoms with Crippen molar-refractivity contribution in [2.24, 2.45) is 0 Å². The van der Waals surface area contributed by atoms with E-state index in [0.717, 1.165) is 5.69 Å². The lowest BCUT2D eigenvalue weighted by Crippen LogP contribution is -2.33. The van der Waals surface area contributed by atoms with Gasteiger partial charge in [0.25, 0.3) is 5.91 Å². The maximum absolute atomic E-state index is 13.6. The maximum atomic E-state index is 13.6. The molecule has 0 fully saturated rings. The third-order valence-corrected chi connectivity index (χ3v) is 4.02. The number of nitrogens with zero attached hydrogens (tertiary/aromatic N) is 2. The largest absolute Gasteiger partial charge is 0.503 e. The standard InChI is InChI=1S/C17H16FN3O3/c1-10(22)14-15(11-3-2-4-12(18)7-11)21(17(24)16(14)23)6-5-13-8-19-9-20-13/h2-4,7-9,15,23H,5-6H2,1H3,(H,19,20)/t15-/m1/s1. The van der Waals surface area contributed by atoms with Gasteiger partial charge in [0.1, 0.15) is 5.82 Å². The van der Waals surface area contributed by atoms with E-state index in [2.05, 4.69) is 9.97 Å². The number of benzene rings is 1. The van der Waals surface area contributed by atoms with E-state index in [1.54, 1.807) is 12.3 Å². The number of amides is 1. The number of halogens is 1. The molecule has 1 aromatic heterocycles. The van der Waals surface area contributed by atoms with Gasteiger partial charge in [-0.05, 0) is 24.6 Å². The SMILES string of the molecule is CC(=O)C1=C(O)C(=O)N(CCc2cnc[nH]2)[C@@H]1c1cccc(F)c1. The van der Waals surface area contributed by atoms with Gasteiger partial charge < -0.3 is 15.0 Å². The number of ketones is 1. The molecule has 1 amide bonds. The Labute approximate surface area is 137 Å². The number of nitrogens with one attached hydrogen (secondary N) is 1. The second-order valence-corrected chi connectivity index (χ2v) is 5.60. The molecule has 2 aromatic rings. The first-order chi connectivity index (χ1) is 11.5. The van der Waals surface area contributed by atoms with Crippen LogP contribution in [0.1, 0.15) is 24.2 Å².